The maximum Gasteiger partial charge on any atom is 0.0846 e. The fourth-order valence-electron chi connectivity index (χ4n) is 5.21. The summed E-state index contributed by atoms with van der Waals surface area (Å²) in [6, 6.07) is 25.8. The van der Waals surface area contributed by atoms with Gasteiger partial charge in [-0.15, -0.1) is 0 Å². The van der Waals surface area contributed by atoms with Gasteiger partial charge in [0.2, 0.25) is 0 Å². The molecule has 0 saturated carbocycles. The Hall–Kier alpha value is -2.92. The number of nitrogens with zero attached hydrogens (tertiary/aromatic N) is 2. The first kappa shape index (κ1) is 21.9. The summed E-state index contributed by atoms with van der Waals surface area (Å²) in [7, 11) is 0. The molecule has 5 rings (SSSR count). The van der Waals surface area contributed by atoms with Crippen LogP contribution in [0.1, 0.15) is 11.1 Å². The Morgan fingerprint density at radius 3 is 2.15 bits per heavy atom. The summed E-state index contributed by atoms with van der Waals surface area (Å²) >= 11 is 0. The van der Waals surface area contributed by atoms with Crippen molar-refractivity contribution in [3.8, 4) is 22.4 Å². The topological polar surface area (TPSA) is 37.6 Å². The first-order chi connectivity index (χ1) is 16.1. The molecular formula is C29H32N2O2. The average Bonchev–Trinajstić information content (AvgIpc) is 3.14. The van der Waals surface area contributed by atoms with Crippen LogP contribution < -0.4 is 0 Å². The Labute approximate surface area is 196 Å². The number of aromatic nitrogens is 1. The molecule has 0 radical (unpaired) electrons. The molecule has 1 N–H and O–H groups in total. The van der Waals surface area contributed by atoms with Gasteiger partial charge in [0.15, 0.2) is 0 Å². The number of aliphatic hydroxyl groups is 1. The first-order valence-electron chi connectivity index (χ1n) is 11.8. The third kappa shape index (κ3) is 4.47. The standard InChI is InChI=1S/C29H32N2O2/c1-21-17-22(2)28-26(18-21)27(23-9-5-3-6-10-23)29(24-11-7-4-8-12-24)31(28)20-25(32)19-30-13-15-33-16-14-30/h3-12,17-18,25,32H,13-16,19-20H2,1-2H3/t25-/m1/s1. The number of ether oxygens (including phenoxy) is 1. The van der Waals surface area contributed by atoms with Crippen molar-refractivity contribution < 1.29 is 9.84 Å². The molecule has 0 aliphatic carbocycles. The number of morpholine rings is 1. The quantitative estimate of drug-likeness (QED) is 0.443. The zero-order valence-corrected chi connectivity index (χ0v) is 19.5. The first-order valence-corrected chi connectivity index (χ1v) is 11.8. The van der Waals surface area contributed by atoms with Crippen LogP contribution in [0.5, 0.6) is 0 Å². The van der Waals surface area contributed by atoms with Gasteiger partial charge < -0.3 is 14.4 Å². The highest BCUT2D eigenvalue weighted by molar-refractivity contribution is 6.06. The Morgan fingerprint density at radius 1 is 0.848 bits per heavy atom. The van der Waals surface area contributed by atoms with Crippen LogP contribution >= 0.6 is 0 Å². The molecular weight excluding hydrogens is 408 g/mol. The molecule has 0 unspecified atom stereocenters. The SMILES string of the molecule is Cc1cc(C)c2c(c1)c(-c1ccccc1)c(-c1ccccc1)n2C[C@H](O)CN1CCOCC1. The van der Waals surface area contributed by atoms with Crippen LogP contribution in [0.25, 0.3) is 33.3 Å². The molecule has 3 aromatic carbocycles. The van der Waals surface area contributed by atoms with Gasteiger partial charge in [-0.2, -0.15) is 0 Å². The third-order valence-corrected chi connectivity index (χ3v) is 6.57. The Morgan fingerprint density at radius 2 is 1.48 bits per heavy atom. The predicted octanol–water partition coefficient (Wildman–Crippen LogP) is 5.29. The van der Waals surface area contributed by atoms with E-state index in [2.05, 4.69) is 96.1 Å². The van der Waals surface area contributed by atoms with E-state index in [1.165, 1.54) is 44.4 Å². The normalized spacial score (nSPS) is 15.7. The molecule has 2 heterocycles. The maximum atomic E-state index is 11.2. The molecule has 1 aliphatic heterocycles. The van der Waals surface area contributed by atoms with Gasteiger partial charge in [-0.3, -0.25) is 4.90 Å². The number of hydrogen-bond donors (Lipinski definition) is 1. The summed E-state index contributed by atoms with van der Waals surface area (Å²) in [5.74, 6) is 0. The second-order valence-electron chi connectivity index (χ2n) is 9.11. The van der Waals surface area contributed by atoms with E-state index in [-0.39, 0.29) is 0 Å². The van der Waals surface area contributed by atoms with Crippen molar-refractivity contribution in [2.45, 2.75) is 26.5 Å². The van der Waals surface area contributed by atoms with Gasteiger partial charge in [-0.25, -0.2) is 0 Å². The highest BCUT2D eigenvalue weighted by Gasteiger charge is 2.24. The lowest BCUT2D eigenvalue weighted by atomic mass is 9.97. The van der Waals surface area contributed by atoms with Crippen LogP contribution in [-0.4, -0.2) is 53.5 Å². The van der Waals surface area contributed by atoms with E-state index in [4.69, 9.17) is 4.74 Å². The van der Waals surface area contributed by atoms with Crippen LogP contribution in [0.2, 0.25) is 0 Å². The van der Waals surface area contributed by atoms with Crippen LogP contribution in [0, 0.1) is 13.8 Å². The number of aryl methyl sites for hydroxylation is 2. The molecule has 4 nitrogen and oxygen atoms in total. The molecule has 4 heteroatoms. The largest absolute Gasteiger partial charge is 0.390 e. The summed E-state index contributed by atoms with van der Waals surface area (Å²) in [5.41, 5.74) is 8.48. The second kappa shape index (κ2) is 9.52. The van der Waals surface area contributed by atoms with Gasteiger partial charge in [-0.05, 0) is 36.6 Å². The molecule has 1 saturated heterocycles. The van der Waals surface area contributed by atoms with E-state index in [1.54, 1.807) is 0 Å². The van der Waals surface area contributed by atoms with Crippen molar-refractivity contribution in [2.75, 3.05) is 32.8 Å². The van der Waals surface area contributed by atoms with Crippen molar-refractivity contribution in [3.05, 3.63) is 83.9 Å². The average molecular weight is 441 g/mol. The molecule has 0 amide bonds. The van der Waals surface area contributed by atoms with Crippen LogP contribution in [0.4, 0.5) is 0 Å². The minimum Gasteiger partial charge on any atom is -0.390 e. The van der Waals surface area contributed by atoms with E-state index in [0.29, 0.717) is 13.1 Å². The van der Waals surface area contributed by atoms with Crippen molar-refractivity contribution in [2.24, 2.45) is 0 Å². The molecule has 0 bridgehead atoms. The van der Waals surface area contributed by atoms with E-state index in [9.17, 15) is 5.11 Å². The minimum atomic E-state index is -0.467. The molecule has 1 aliphatic rings. The van der Waals surface area contributed by atoms with Gasteiger partial charge in [0.1, 0.15) is 0 Å². The summed E-state index contributed by atoms with van der Waals surface area (Å²) in [6.45, 7) is 8.79. The van der Waals surface area contributed by atoms with Crippen molar-refractivity contribution in [1.82, 2.24) is 9.47 Å². The van der Waals surface area contributed by atoms with Crippen LogP contribution in [0.3, 0.4) is 0 Å². The fourth-order valence-corrected chi connectivity index (χ4v) is 5.21. The van der Waals surface area contributed by atoms with E-state index in [0.717, 1.165) is 26.3 Å². The molecule has 1 aromatic heterocycles. The van der Waals surface area contributed by atoms with E-state index in [1.807, 2.05) is 0 Å². The number of aliphatic hydroxyl groups excluding tert-OH is 1. The lowest BCUT2D eigenvalue weighted by Gasteiger charge is -2.29. The zero-order chi connectivity index (χ0) is 22.8. The second-order valence-corrected chi connectivity index (χ2v) is 9.11. The minimum absolute atomic E-state index is 0.467. The van der Waals surface area contributed by atoms with Crippen molar-refractivity contribution in [3.63, 3.8) is 0 Å². The van der Waals surface area contributed by atoms with Gasteiger partial charge >= 0.3 is 0 Å². The van der Waals surface area contributed by atoms with Crippen molar-refractivity contribution in [1.29, 1.82) is 0 Å². The van der Waals surface area contributed by atoms with Gasteiger partial charge in [-0.1, -0.05) is 72.3 Å². The Balaban J connectivity index is 1.70. The highest BCUT2D eigenvalue weighted by Crippen LogP contribution is 2.42. The fraction of sp³-hybridized carbons (Fsp3) is 0.310. The van der Waals surface area contributed by atoms with Crippen molar-refractivity contribution >= 4 is 10.9 Å². The molecule has 170 valence electrons. The third-order valence-electron chi connectivity index (χ3n) is 6.57. The zero-order valence-electron chi connectivity index (χ0n) is 19.5. The highest BCUT2D eigenvalue weighted by atomic mass is 16.5. The monoisotopic (exact) mass is 440 g/mol. The molecule has 1 atom stereocenters. The molecule has 1 fully saturated rings. The van der Waals surface area contributed by atoms with E-state index >= 15 is 0 Å². The Bertz CT molecular complexity index is 1230. The number of hydrogen-bond acceptors (Lipinski definition) is 3. The number of benzene rings is 3. The summed E-state index contributed by atoms with van der Waals surface area (Å²) in [4.78, 5) is 2.30. The lowest BCUT2D eigenvalue weighted by molar-refractivity contribution is 0.0118. The number of fused-ring (bicyclic) bond motifs is 1. The smallest absolute Gasteiger partial charge is 0.0846 e. The summed E-state index contributed by atoms with van der Waals surface area (Å²) < 4.78 is 7.84. The lowest BCUT2D eigenvalue weighted by Crippen LogP contribution is -2.42. The van der Waals surface area contributed by atoms with Gasteiger partial charge in [0.05, 0.1) is 37.1 Å². The summed E-state index contributed by atoms with van der Waals surface area (Å²) in [6.07, 6.45) is -0.467. The van der Waals surface area contributed by atoms with Gasteiger partial charge in [0, 0.05) is 30.6 Å². The van der Waals surface area contributed by atoms with Crippen LogP contribution in [-0.2, 0) is 11.3 Å². The predicted molar refractivity (Wildman–Crippen MR) is 136 cm³/mol. The molecule has 0 spiro atoms. The van der Waals surface area contributed by atoms with Crippen LogP contribution in [0.15, 0.2) is 72.8 Å². The number of β-amino-alcohol motifs (C(OH)–C–C–N with tert-alkyl or cyclic N) is 1. The number of rotatable bonds is 6. The maximum absolute atomic E-state index is 11.2. The molecule has 4 aromatic rings. The molecule has 33 heavy (non-hydrogen) atoms. The van der Waals surface area contributed by atoms with E-state index < -0.39 is 6.10 Å². The summed E-state index contributed by atoms with van der Waals surface area (Å²) in [5, 5.41) is 12.5. The van der Waals surface area contributed by atoms with Gasteiger partial charge in [0.25, 0.3) is 0 Å². The Kier molecular flexibility index (Phi) is 6.32.